The van der Waals surface area contributed by atoms with E-state index in [2.05, 4.69) is 4.90 Å². The third-order valence-corrected chi connectivity index (χ3v) is 4.29. The van der Waals surface area contributed by atoms with Crippen molar-refractivity contribution in [2.75, 3.05) is 20.2 Å². The van der Waals surface area contributed by atoms with Crippen LogP contribution in [0.4, 0.5) is 0 Å². The van der Waals surface area contributed by atoms with Gasteiger partial charge in [-0.1, -0.05) is 31.0 Å². The molecule has 1 aliphatic heterocycles. The van der Waals surface area contributed by atoms with Crippen molar-refractivity contribution >= 4 is 5.97 Å². The SMILES string of the molecule is COc1ccccc1C(C)(C(=O)O)N1CCCCCC1. The van der Waals surface area contributed by atoms with E-state index in [4.69, 9.17) is 4.74 Å². The van der Waals surface area contributed by atoms with Gasteiger partial charge in [0.15, 0.2) is 0 Å². The number of hydrogen-bond acceptors (Lipinski definition) is 3. The van der Waals surface area contributed by atoms with Crippen molar-refractivity contribution in [1.82, 2.24) is 4.90 Å². The highest BCUT2D eigenvalue weighted by Gasteiger charge is 2.43. The molecule has 4 heteroatoms. The summed E-state index contributed by atoms with van der Waals surface area (Å²) < 4.78 is 5.37. The number of carbonyl (C=O) groups is 1. The summed E-state index contributed by atoms with van der Waals surface area (Å²) in [7, 11) is 1.59. The molecule has 1 aromatic carbocycles. The Morgan fingerprint density at radius 1 is 1.20 bits per heavy atom. The number of carboxylic acid groups (broad SMARTS) is 1. The van der Waals surface area contributed by atoms with Crippen molar-refractivity contribution in [2.45, 2.75) is 38.1 Å². The van der Waals surface area contributed by atoms with E-state index >= 15 is 0 Å². The normalized spacial score (nSPS) is 19.9. The molecule has 4 nitrogen and oxygen atoms in total. The van der Waals surface area contributed by atoms with E-state index in [1.807, 2.05) is 24.3 Å². The molecule has 1 aromatic rings. The summed E-state index contributed by atoms with van der Waals surface area (Å²) in [4.78, 5) is 14.1. The van der Waals surface area contributed by atoms with Gasteiger partial charge in [0.2, 0.25) is 0 Å². The van der Waals surface area contributed by atoms with Gasteiger partial charge in [0.05, 0.1) is 7.11 Å². The molecule has 1 saturated heterocycles. The van der Waals surface area contributed by atoms with E-state index in [1.54, 1.807) is 14.0 Å². The Labute approximate surface area is 120 Å². The van der Waals surface area contributed by atoms with Crippen LogP contribution in [-0.4, -0.2) is 36.2 Å². The molecule has 1 heterocycles. The minimum Gasteiger partial charge on any atom is -0.496 e. The third kappa shape index (κ3) is 2.66. The molecule has 0 aliphatic carbocycles. The quantitative estimate of drug-likeness (QED) is 0.919. The monoisotopic (exact) mass is 277 g/mol. The van der Waals surface area contributed by atoms with Crippen molar-refractivity contribution in [3.8, 4) is 5.75 Å². The van der Waals surface area contributed by atoms with E-state index in [0.29, 0.717) is 5.75 Å². The number of benzene rings is 1. The van der Waals surface area contributed by atoms with Gasteiger partial charge in [-0.25, -0.2) is 4.79 Å². The maximum absolute atomic E-state index is 12.0. The summed E-state index contributed by atoms with van der Waals surface area (Å²) in [6.45, 7) is 3.43. The molecule has 1 atom stereocenters. The highest BCUT2D eigenvalue weighted by molar-refractivity contribution is 5.81. The molecular formula is C16H23NO3. The summed E-state index contributed by atoms with van der Waals surface area (Å²) in [5.41, 5.74) is -0.298. The molecule has 2 rings (SSSR count). The number of methoxy groups -OCH3 is 1. The second-order valence-corrected chi connectivity index (χ2v) is 5.48. The lowest BCUT2D eigenvalue weighted by Gasteiger charge is -2.38. The third-order valence-electron chi connectivity index (χ3n) is 4.29. The van der Waals surface area contributed by atoms with Crippen molar-refractivity contribution < 1.29 is 14.6 Å². The van der Waals surface area contributed by atoms with Crippen molar-refractivity contribution in [2.24, 2.45) is 0 Å². The van der Waals surface area contributed by atoms with Gasteiger partial charge >= 0.3 is 5.97 Å². The van der Waals surface area contributed by atoms with Crippen LogP contribution in [0.3, 0.4) is 0 Å². The first kappa shape index (κ1) is 14.9. The summed E-state index contributed by atoms with van der Waals surface area (Å²) in [6.07, 6.45) is 4.46. The van der Waals surface area contributed by atoms with E-state index in [-0.39, 0.29) is 0 Å². The Bertz CT molecular complexity index is 467. The average Bonchev–Trinajstić information content (AvgIpc) is 2.75. The molecule has 0 bridgehead atoms. The Morgan fingerprint density at radius 2 is 1.80 bits per heavy atom. The van der Waals surface area contributed by atoms with E-state index in [0.717, 1.165) is 31.5 Å². The maximum atomic E-state index is 12.0. The van der Waals surface area contributed by atoms with Crippen molar-refractivity contribution in [3.63, 3.8) is 0 Å². The van der Waals surface area contributed by atoms with Crippen LogP contribution in [0.15, 0.2) is 24.3 Å². The van der Waals surface area contributed by atoms with Crippen LogP contribution in [0.5, 0.6) is 5.75 Å². The van der Waals surface area contributed by atoms with Crippen molar-refractivity contribution in [3.05, 3.63) is 29.8 Å². The van der Waals surface area contributed by atoms with Gasteiger partial charge < -0.3 is 9.84 Å². The second kappa shape index (κ2) is 6.27. The molecule has 110 valence electrons. The fourth-order valence-corrected chi connectivity index (χ4v) is 2.99. The van der Waals surface area contributed by atoms with Crippen LogP contribution < -0.4 is 4.74 Å². The molecule has 1 N–H and O–H groups in total. The zero-order valence-electron chi connectivity index (χ0n) is 12.3. The van der Waals surface area contributed by atoms with Crippen LogP contribution in [0, 0.1) is 0 Å². The first-order valence-electron chi connectivity index (χ1n) is 7.22. The molecule has 0 radical (unpaired) electrons. The van der Waals surface area contributed by atoms with Gasteiger partial charge in [-0.2, -0.15) is 0 Å². The number of carboxylic acids is 1. The van der Waals surface area contributed by atoms with Gasteiger partial charge in [-0.05, 0) is 38.9 Å². The summed E-state index contributed by atoms with van der Waals surface area (Å²) >= 11 is 0. The fourth-order valence-electron chi connectivity index (χ4n) is 2.99. The minimum absolute atomic E-state index is 0.640. The zero-order valence-corrected chi connectivity index (χ0v) is 12.3. The van der Waals surface area contributed by atoms with E-state index < -0.39 is 11.5 Å². The van der Waals surface area contributed by atoms with Gasteiger partial charge in [0.1, 0.15) is 11.3 Å². The number of para-hydroxylation sites is 1. The van der Waals surface area contributed by atoms with Crippen LogP contribution in [0.25, 0.3) is 0 Å². The zero-order chi connectivity index (χ0) is 14.6. The molecule has 1 unspecified atom stereocenters. The van der Waals surface area contributed by atoms with Gasteiger partial charge in [0, 0.05) is 5.56 Å². The Hall–Kier alpha value is -1.55. The minimum atomic E-state index is -1.03. The molecule has 0 aromatic heterocycles. The summed E-state index contributed by atoms with van der Waals surface area (Å²) in [6, 6.07) is 7.43. The molecule has 0 amide bonds. The second-order valence-electron chi connectivity index (χ2n) is 5.48. The lowest BCUT2D eigenvalue weighted by Crippen LogP contribution is -2.50. The van der Waals surface area contributed by atoms with Gasteiger partial charge in [0.25, 0.3) is 0 Å². The van der Waals surface area contributed by atoms with Crippen molar-refractivity contribution in [1.29, 1.82) is 0 Å². The molecule has 1 aliphatic rings. The number of aliphatic carboxylic acids is 1. The summed E-state index contributed by atoms with van der Waals surface area (Å²) in [5.74, 6) is -0.175. The molecule has 20 heavy (non-hydrogen) atoms. The van der Waals surface area contributed by atoms with Gasteiger partial charge in [-0.15, -0.1) is 0 Å². The topological polar surface area (TPSA) is 49.8 Å². The predicted octanol–water partition coefficient (Wildman–Crippen LogP) is 2.87. The predicted molar refractivity (Wildman–Crippen MR) is 78.0 cm³/mol. The Kier molecular flexibility index (Phi) is 4.65. The standard InChI is InChI=1S/C16H23NO3/c1-16(15(18)19,17-11-7-3-4-8-12-17)13-9-5-6-10-14(13)20-2/h5-6,9-10H,3-4,7-8,11-12H2,1-2H3,(H,18,19). The molecule has 0 saturated carbocycles. The van der Waals surface area contributed by atoms with E-state index in [9.17, 15) is 9.90 Å². The van der Waals surface area contributed by atoms with Gasteiger partial charge in [-0.3, -0.25) is 4.90 Å². The lowest BCUT2D eigenvalue weighted by molar-refractivity contribution is -0.151. The number of rotatable bonds is 4. The fraction of sp³-hybridized carbons (Fsp3) is 0.562. The number of ether oxygens (including phenoxy) is 1. The first-order valence-corrected chi connectivity index (χ1v) is 7.22. The van der Waals surface area contributed by atoms with Crippen LogP contribution in [0.1, 0.15) is 38.2 Å². The molecule has 1 fully saturated rings. The van der Waals surface area contributed by atoms with E-state index in [1.165, 1.54) is 12.8 Å². The van der Waals surface area contributed by atoms with Crippen LogP contribution in [-0.2, 0) is 10.3 Å². The lowest BCUT2D eigenvalue weighted by atomic mass is 9.88. The largest absolute Gasteiger partial charge is 0.496 e. The molecule has 0 spiro atoms. The van der Waals surface area contributed by atoms with Crippen LogP contribution in [0.2, 0.25) is 0 Å². The Morgan fingerprint density at radius 3 is 2.35 bits per heavy atom. The smallest absolute Gasteiger partial charge is 0.328 e. The molecular weight excluding hydrogens is 254 g/mol. The average molecular weight is 277 g/mol. The first-order chi connectivity index (χ1) is 9.60. The highest BCUT2D eigenvalue weighted by atomic mass is 16.5. The maximum Gasteiger partial charge on any atom is 0.328 e. The number of hydrogen-bond donors (Lipinski definition) is 1. The summed E-state index contributed by atoms with van der Waals surface area (Å²) in [5, 5.41) is 9.85. The highest BCUT2D eigenvalue weighted by Crippen LogP contribution is 2.36. The Balaban J connectivity index is 2.45. The number of likely N-dealkylation sites (tertiary alicyclic amines) is 1. The number of nitrogens with zero attached hydrogens (tertiary/aromatic N) is 1. The van der Waals surface area contributed by atoms with Crippen LogP contribution >= 0.6 is 0 Å².